The lowest BCUT2D eigenvalue weighted by molar-refractivity contribution is -0.121. The molecule has 2 heterocycles. The minimum atomic E-state index is -0.0272. The maximum Gasteiger partial charge on any atom is 0.266 e. The van der Waals surface area contributed by atoms with E-state index < -0.39 is 0 Å². The van der Waals surface area contributed by atoms with Gasteiger partial charge in [0, 0.05) is 23.8 Å². The van der Waals surface area contributed by atoms with Crippen LogP contribution in [0.2, 0.25) is 0 Å². The number of anilines is 1. The zero-order chi connectivity index (χ0) is 19.9. The van der Waals surface area contributed by atoms with Crippen molar-refractivity contribution in [1.82, 2.24) is 4.90 Å². The predicted molar refractivity (Wildman–Crippen MR) is 121 cm³/mol. The van der Waals surface area contributed by atoms with Gasteiger partial charge in [-0.25, -0.2) is 0 Å². The summed E-state index contributed by atoms with van der Waals surface area (Å²) in [7, 11) is 0. The van der Waals surface area contributed by atoms with E-state index in [-0.39, 0.29) is 11.4 Å². The maximum absolute atomic E-state index is 12.6. The Morgan fingerprint density at radius 1 is 1.41 bits per heavy atom. The van der Waals surface area contributed by atoms with Gasteiger partial charge < -0.3 is 4.90 Å². The largest absolute Gasteiger partial charge is 0.364 e. The molecule has 1 aromatic carbocycles. The second-order valence-electron chi connectivity index (χ2n) is 8.28. The van der Waals surface area contributed by atoms with Crippen molar-refractivity contribution < 1.29 is 4.79 Å². The van der Waals surface area contributed by atoms with Crippen LogP contribution in [0.1, 0.15) is 58.1 Å². The lowest BCUT2D eigenvalue weighted by atomic mass is 9.79. The number of thioether (sulfide) groups is 1. The summed E-state index contributed by atoms with van der Waals surface area (Å²) in [6, 6.07) is 7.00. The summed E-state index contributed by atoms with van der Waals surface area (Å²) in [5.74, 6) is 0.453. The first-order valence-corrected chi connectivity index (χ1v) is 10.7. The standard InChI is InChI=1S/C22H28N2OS2/c1-7-10-23-20(25)19(27-21(23)26)12-16-8-9-18-17(11-16)15(4)13-22(5,6)24(18)14(2)3/h7-9,11-12,14-15H,1,10,13H2,2-6H3/b19-12-/t15-/m0/s1. The second-order valence-corrected chi connectivity index (χ2v) is 9.96. The average molecular weight is 401 g/mol. The summed E-state index contributed by atoms with van der Waals surface area (Å²) in [6.07, 6.45) is 4.79. The van der Waals surface area contributed by atoms with Gasteiger partial charge in [-0.3, -0.25) is 9.69 Å². The van der Waals surface area contributed by atoms with Crippen LogP contribution in [0, 0.1) is 0 Å². The highest BCUT2D eigenvalue weighted by Gasteiger charge is 2.37. The summed E-state index contributed by atoms with van der Waals surface area (Å²) in [4.78, 5) is 17.4. The molecule has 5 heteroatoms. The molecule has 0 N–H and O–H groups in total. The summed E-state index contributed by atoms with van der Waals surface area (Å²) >= 11 is 6.71. The van der Waals surface area contributed by atoms with E-state index in [0.29, 0.717) is 27.7 Å². The van der Waals surface area contributed by atoms with Crippen LogP contribution in [0.3, 0.4) is 0 Å². The smallest absolute Gasteiger partial charge is 0.266 e. The molecule has 2 aliphatic rings. The fraction of sp³-hybridized carbons (Fsp3) is 0.455. The first kappa shape index (κ1) is 20.2. The van der Waals surface area contributed by atoms with E-state index in [1.54, 1.807) is 11.0 Å². The van der Waals surface area contributed by atoms with E-state index in [4.69, 9.17) is 12.2 Å². The van der Waals surface area contributed by atoms with E-state index >= 15 is 0 Å². The Balaban J connectivity index is 1.97. The van der Waals surface area contributed by atoms with E-state index in [1.165, 1.54) is 23.0 Å². The minimum absolute atomic E-state index is 0.0272. The van der Waals surface area contributed by atoms with E-state index in [2.05, 4.69) is 64.3 Å². The molecular weight excluding hydrogens is 372 g/mol. The van der Waals surface area contributed by atoms with Crippen LogP contribution in [0.4, 0.5) is 5.69 Å². The molecule has 0 radical (unpaired) electrons. The third-order valence-corrected chi connectivity index (χ3v) is 6.68. The molecule has 3 rings (SSSR count). The third kappa shape index (κ3) is 3.72. The van der Waals surface area contributed by atoms with Crippen LogP contribution in [0.15, 0.2) is 35.8 Å². The van der Waals surface area contributed by atoms with Crippen molar-refractivity contribution in [1.29, 1.82) is 0 Å². The first-order chi connectivity index (χ1) is 12.7. The molecule has 0 bridgehead atoms. The van der Waals surface area contributed by atoms with Crippen molar-refractivity contribution in [2.45, 2.75) is 58.5 Å². The van der Waals surface area contributed by atoms with Gasteiger partial charge in [-0.2, -0.15) is 0 Å². The zero-order valence-electron chi connectivity index (χ0n) is 16.8. The Morgan fingerprint density at radius 2 is 2.11 bits per heavy atom. The van der Waals surface area contributed by atoms with Gasteiger partial charge in [0.1, 0.15) is 4.32 Å². The quantitative estimate of drug-likeness (QED) is 0.374. The third-order valence-electron chi connectivity index (χ3n) is 5.30. The Morgan fingerprint density at radius 3 is 2.74 bits per heavy atom. The van der Waals surface area contributed by atoms with Gasteiger partial charge >= 0.3 is 0 Å². The highest BCUT2D eigenvalue weighted by atomic mass is 32.2. The predicted octanol–water partition coefficient (Wildman–Crippen LogP) is 5.57. The molecular formula is C22H28N2OS2. The van der Waals surface area contributed by atoms with Gasteiger partial charge in [-0.1, -0.05) is 43.0 Å². The number of nitrogens with zero attached hydrogens (tertiary/aromatic N) is 2. The number of fused-ring (bicyclic) bond motifs is 1. The Labute approximate surface area is 172 Å². The molecule has 1 atom stereocenters. The number of amides is 1. The van der Waals surface area contributed by atoms with Gasteiger partial charge in [-0.05, 0) is 69.4 Å². The average Bonchev–Trinajstić information content (AvgIpc) is 2.82. The van der Waals surface area contributed by atoms with Gasteiger partial charge in [0.2, 0.25) is 0 Å². The summed E-state index contributed by atoms with van der Waals surface area (Å²) < 4.78 is 0.602. The molecule has 144 valence electrons. The number of rotatable bonds is 4. The second kappa shape index (κ2) is 7.44. The summed E-state index contributed by atoms with van der Waals surface area (Å²) in [5, 5.41) is 0. The highest BCUT2D eigenvalue weighted by Crippen LogP contribution is 2.45. The molecule has 1 saturated heterocycles. The SMILES string of the molecule is C=CCN1C(=O)/C(=C/c2ccc3c(c2)[C@@H](C)CC(C)(C)N3C(C)C)SC1=S. The van der Waals surface area contributed by atoms with Crippen LogP contribution in [0.25, 0.3) is 6.08 Å². The molecule has 0 unspecified atom stereocenters. The molecule has 3 nitrogen and oxygen atoms in total. The number of carbonyl (C=O) groups is 1. The molecule has 27 heavy (non-hydrogen) atoms. The number of carbonyl (C=O) groups excluding carboxylic acids is 1. The molecule has 0 aromatic heterocycles. The fourth-order valence-corrected chi connectivity index (χ4v) is 5.75. The van der Waals surface area contributed by atoms with E-state index in [9.17, 15) is 4.79 Å². The van der Waals surface area contributed by atoms with Crippen LogP contribution in [-0.2, 0) is 4.79 Å². The number of thiocarbonyl (C=S) groups is 1. The minimum Gasteiger partial charge on any atom is -0.364 e. The fourth-order valence-electron chi connectivity index (χ4n) is 4.48. The lowest BCUT2D eigenvalue weighted by Crippen LogP contribution is -2.51. The first-order valence-electron chi connectivity index (χ1n) is 9.45. The highest BCUT2D eigenvalue weighted by molar-refractivity contribution is 8.26. The van der Waals surface area contributed by atoms with Crippen LogP contribution in [-0.4, -0.2) is 33.3 Å². The van der Waals surface area contributed by atoms with Crippen molar-refractivity contribution in [2.75, 3.05) is 11.4 Å². The van der Waals surface area contributed by atoms with E-state index in [0.717, 1.165) is 12.0 Å². The molecule has 2 aliphatic heterocycles. The summed E-state index contributed by atoms with van der Waals surface area (Å²) in [6.45, 7) is 15.6. The number of hydrogen-bond donors (Lipinski definition) is 0. The van der Waals surface area contributed by atoms with Crippen LogP contribution in [0.5, 0.6) is 0 Å². The molecule has 0 aliphatic carbocycles. The number of benzene rings is 1. The topological polar surface area (TPSA) is 23.6 Å². The summed E-state index contributed by atoms with van der Waals surface area (Å²) in [5.41, 5.74) is 3.86. The maximum atomic E-state index is 12.6. The monoisotopic (exact) mass is 400 g/mol. The molecule has 1 fully saturated rings. The van der Waals surface area contributed by atoms with Gasteiger partial charge in [0.05, 0.1) is 4.91 Å². The van der Waals surface area contributed by atoms with Crippen molar-refractivity contribution in [3.63, 3.8) is 0 Å². The Hall–Kier alpha value is -1.59. The molecule has 1 aromatic rings. The lowest BCUT2D eigenvalue weighted by Gasteiger charge is -2.50. The van der Waals surface area contributed by atoms with Crippen molar-refractivity contribution >= 4 is 46.0 Å². The zero-order valence-corrected chi connectivity index (χ0v) is 18.4. The molecule has 1 amide bonds. The van der Waals surface area contributed by atoms with Crippen LogP contribution >= 0.6 is 24.0 Å². The van der Waals surface area contributed by atoms with Gasteiger partial charge in [0.15, 0.2) is 0 Å². The normalized spacial score (nSPS) is 23.3. The van der Waals surface area contributed by atoms with Crippen molar-refractivity contribution in [2.24, 2.45) is 0 Å². The Bertz CT molecular complexity index is 826. The molecule has 0 spiro atoms. The van der Waals surface area contributed by atoms with Crippen LogP contribution < -0.4 is 4.90 Å². The molecule has 0 saturated carbocycles. The number of hydrogen-bond acceptors (Lipinski definition) is 4. The van der Waals surface area contributed by atoms with Gasteiger partial charge in [0.25, 0.3) is 5.91 Å². The van der Waals surface area contributed by atoms with Crippen molar-refractivity contribution in [3.8, 4) is 0 Å². The van der Waals surface area contributed by atoms with Gasteiger partial charge in [-0.15, -0.1) is 6.58 Å². The van der Waals surface area contributed by atoms with Crippen molar-refractivity contribution in [3.05, 3.63) is 46.9 Å². The Kier molecular flexibility index (Phi) is 5.55. The van der Waals surface area contributed by atoms with E-state index in [1.807, 2.05) is 6.08 Å².